The van der Waals surface area contributed by atoms with Crippen LogP contribution < -0.4 is 0 Å². The van der Waals surface area contributed by atoms with Gasteiger partial charge >= 0.3 is 5.97 Å². The Labute approximate surface area is 120 Å². The maximum Gasteiger partial charge on any atom is 0.311 e. The van der Waals surface area contributed by atoms with Crippen LogP contribution in [-0.4, -0.2) is 54.8 Å². The molecule has 0 aromatic heterocycles. The molecule has 2 rings (SSSR count). The van der Waals surface area contributed by atoms with E-state index < -0.39 is 21.6 Å². The standard InChI is InChI=1S/C13H24N2O4S/c1-3-4-8-14(2)20(18,19)15-9-11-6-5-7-13(11,10-15)12(16)17/h11H,3-10H2,1-2H3,(H,16,17)/t11-,13+/m0/s1. The highest BCUT2D eigenvalue weighted by Gasteiger charge is 2.57. The van der Waals surface area contributed by atoms with Crippen molar-refractivity contribution in [3.8, 4) is 0 Å². The molecule has 1 saturated carbocycles. The van der Waals surface area contributed by atoms with Gasteiger partial charge in [0.25, 0.3) is 10.2 Å². The van der Waals surface area contributed by atoms with E-state index in [4.69, 9.17) is 0 Å². The van der Waals surface area contributed by atoms with Crippen LogP contribution in [0.4, 0.5) is 0 Å². The SMILES string of the molecule is CCCCN(C)S(=O)(=O)N1C[C@@H]2CCC[C@@]2(C(=O)O)C1. The van der Waals surface area contributed by atoms with Crippen LogP contribution in [0.25, 0.3) is 0 Å². The zero-order valence-corrected chi connectivity index (χ0v) is 13.0. The van der Waals surface area contributed by atoms with Crippen molar-refractivity contribution < 1.29 is 18.3 Å². The second kappa shape index (κ2) is 5.61. The molecule has 1 aliphatic carbocycles. The van der Waals surface area contributed by atoms with Crippen LogP contribution in [0.5, 0.6) is 0 Å². The fourth-order valence-electron chi connectivity index (χ4n) is 3.46. The highest BCUT2D eigenvalue weighted by atomic mass is 32.2. The molecule has 1 N–H and O–H groups in total. The quantitative estimate of drug-likeness (QED) is 0.798. The molecule has 20 heavy (non-hydrogen) atoms. The number of hydrogen-bond acceptors (Lipinski definition) is 3. The van der Waals surface area contributed by atoms with Crippen LogP contribution in [0.2, 0.25) is 0 Å². The van der Waals surface area contributed by atoms with Crippen LogP contribution in [0.15, 0.2) is 0 Å². The number of carbonyl (C=O) groups is 1. The van der Waals surface area contributed by atoms with E-state index in [0.29, 0.717) is 19.5 Å². The first-order valence-corrected chi connectivity index (χ1v) is 8.69. The van der Waals surface area contributed by atoms with Crippen molar-refractivity contribution in [1.82, 2.24) is 8.61 Å². The van der Waals surface area contributed by atoms with Crippen molar-refractivity contribution in [2.24, 2.45) is 11.3 Å². The summed E-state index contributed by atoms with van der Waals surface area (Å²) in [5.74, 6) is -0.872. The van der Waals surface area contributed by atoms with E-state index in [2.05, 4.69) is 0 Å². The predicted octanol–water partition coefficient (Wildman–Crippen LogP) is 1.15. The largest absolute Gasteiger partial charge is 0.481 e. The fraction of sp³-hybridized carbons (Fsp3) is 0.923. The summed E-state index contributed by atoms with van der Waals surface area (Å²) < 4.78 is 27.7. The lowest BCUT2D eigenvalue weighted by atomic mass is 9.81. The molecule has 7 heteroatoms. The highest BCUT2D eigenvalue weighted by molar-refractivity contribution is 7.86. The number of unbranched alkanes of at least 4 members (excludes halogenated alkanes) is 1. The topological polar surface area (TPSA) is 77.9 Å². The number of carboxylic acids is 1. The molecular formula is C13H24N2O4S. The third-order valence-corrected chi connectivity index (χ3v) is 6.71. The first-order valence-electron chi connectivity index (χ1n) is 7.29. The summed E-state index contributed by atoms with van der Waals surface area (Å²) in [6.45, 7) is 2.98. The van der Waals surface area contributed by atoms with Gasteiger partial charge in [0.2, 0.25) is 0 Å². The van der Waals surface area contributed by atoms with Crippen LogP contribution in [0, 0.1) is 11.3 Å². The van der Waals surface area contributed by atoms with Gasteiger partial charge in [0.15, 0.2) is 0 Å². The molecule has 0 aromatic rings. The molecule has 1 saturated heterocycles. The van der Waals surface area contributed by atoms with E-state index >= 15 is 0 Å². The monoisotopic (exact) mass is 304 g/mol. The van der Waals surface area contributed by atoms with Crippen molar-refractivity contribution in [3.63, 3.8) is 0 Å². The van der Waals surface area contributed by atoms with Gasteiger partial charge in [-0.15, -0.1) is 0 Å². The van der Waals surface area contributed by atoms with Crippen molar-refractivity contribution in [2.45, 2.75) is 39.0 Å². The summed E-state index contributed by atoms with van der Waals surface area (Å²) in [5, 5.41) is 9.50. The molecule has 2 fully saturated rings. The fourth-order valence-corrected chi connectivity index (χ4v) is 4.98. The summed E-state index contributed by atoms with van der Waals surface area (Å²) in [6.07, 6.45) is 4.05. The van der Waals surface area contributed by atoms with E-state index in [1.54, 1.807) is 7.05 Å². The molecule has 116 valence electrons. The van der Waals surface area contributed by atoms with Gasteiger partial charge in [-0.2, -0.15) is 17.0 Å². The second-order valence-electron chi connectivity index (χ2n) is 6.03. The Morgan fingerprint density at radius 3 is 2.75 bits per heavy atom. The number of nitrogens with zero attached hydrogens (tertiary/aromatic N) is 2. The average Bonchev–Trinajstić information content (AvgIpc) is 2.93. The van der Waals surface area contributed by atoms with Crippen molar-refractivity contribution in [1.29, 1.82) is 0 Å². The third kappa shape index (κ3) is 2.46. The minimum absolute atomic E-state index is 0.0330. The molecular weight excluding hydrogens is 280 g/mol. The van der Waals surface area contributed by atoms with Gasteiger partial charge < -0.3 is 5.11 Å². The van der Waals surface area contributed by atoms with Crippen molar-refractivity contribution >= 4 is 16.2 Å². The average molecular weight is 304 g/mol. The van der Waals surface area contributed by atoms with E-state index in [0.717, 1.165) is 25.7 Å². The zero-order chi connectivity index (χ0) is 15.0. The molecule has 0 bridgehead atoms. The van der Waals surface area contributed by atoms with Gasteiger partial charge in [-0.25, -0.2) is 0 Å². The van der Waals surface area contributed by atoms with Gasteiger partial charge in [0.1, 0.15) is 0 Å². The molecule has 0 radical (unpaired) electrons. The smallest absolute Gasteiger partial charge is 0.311 e. The van der Waals surface area contributed by atoms with Crippen LogP contribution in [0.3, 0.4) is 0 Å². The molecule has 1 aliphatic heterocycles. The first kappa shape index (κ1) is 15.7. The van der Waals surface area contributed by atoms with E-state index in [1.165, 1.54) is 8.61 Å². The lowest BCUT2D eigenvalue weighted by Crippen LogP contribution is -2.43. The number of fused-ring (bicyclic) bond motifs is 1. The van der Waals surface area contributed by atoms with E-state index in [-0.39, 0.29) is 12.5 Å². The third-order valence-electron chi connectivity index (χ3n) is 4.81. The minimum Gasteiger partial charge on any atom is -0.481 e. The molecule has 0 unspecified atom stereocenters. The first-order chi connectivity index (χ1) is 9.34. The summed E-state index contributed by atoms with van der Waals surface area (Å²) in [6, 6.07) is 0. The van der Waals surface area contributed by atoms with Crippen molar-refractivity contribution in [3.05, 3.63) is 0 Å². The molecule has 0 amide bonds. The van der Waals surface area contributed by atoms with Crippen molar-refractivity contribution in [2.75, 3.05) is 26.7 Å². The number of carboxylic acid groups (broad SMARTS) is 1. The predicted molar refractivity (Wildman–Crippen MR) is 75.4 cm³/mol. The minimum atomic E-state index is -3.52. The number of rotatable bonds is 6. The Morgan fingerprint density at radius 1 is 1.50 bits per heavy atom. The molecule has 6 nitrogen and oxygen atoms in total. The molecule has 2 aliphatic rings. The summed E-state index contributed by atoms with van der Waals surface area (Å²) >= 11 is 0. The van der Waals surface area contributed by atoms with Crippen LogP contribution in [-0.2, 0) is 15.0 Å². The Bertz CT molecular complexity index is 479. The van der Waals surface area contributed by atoms with E-state index in [1.807, 2.05) is 6.92 Å². The number of hydrogen-bond donors (Lipinski definition) is 1. The van der Waals surface area contributed by atoms with Gasteiger partial charge in [-0.3, -0.25) is 4.79 Å². The van der Waals surface area contributed by atoms with E-state index in [9.17, 15) is 18.3 Å². The van der Waals surface area contributed by atoms with Gasteiger partial charge in [-0.05, 0) is 25.2 Å². The zero-order valence-electron chi connectivity index (χ0n) is 12.2. The van der Waals surface area contributed by atoms with Gasteiger partial charge in [0.05, 0.1) is 5.41 Å². The molecule has 0 spiro atoms. The maximum atomic E-state index is 12.5. The summed E-state index contributed by atoms with van der Waals surface area (Å²) in [7, 11) is -1.95. The van der Waals surface area contributed by atoms with Crippen LogP contribution >= 0.6 is 0 Å². The normalized spacial score (nSPS) is 30.9. The van der Waals surface area contributed by atoms with Crippen LogP contribution in [0.1, 0.15) is 39.0 Å². The lowest BCUT2D eigenvalue weighted by Gasteiger charge is -2.26. The highest BCUT2D eigenvalue weighted by Crippen LogP contribution is 2.49. The van der Waals surface area contributed by atoms with Gasteiger partial charge in [0, 0.05) is 26.7 Å². The summed E-state index contributed by atoms with van der Waals surface area (Å²) in [4.78, 5) is 11.6. The van der Waals surface area contributed by atoms with Gasteiger partial charge in [-0.1, -0.05) is 19.8 Å². The maximum absolute atomic E-state index is 12.5. The molecule has 0 aromatic carbocycles. The lowest BCUT2D eigenvalue weighted by molar-refractivity contribution is -0.149. The summed E-state index contributed by atoms with van der Waals surface area (Å²) in [5.41, 5.74) is -0.849. The Balaban J connectivity index is 2.14. The number of aliphatic carboxylic acids is 1. The Morgan fingerprint density at radius 2 is 2.20 bits per heavy atom. The molecule has 1 heterocycles. The molecule has 2 atom stereocenters. The second-order valence-corrected chi connectivity index (χ2v) is 8.06. The Kier molecular flexibility index (Phi) is 4.41. The Hall–Kier alpha value is -0.660.